The molecule has 1 N–H and O–H groups in total. The molecule has 0 spiro atoms. The molecule has 0 saturated heterocycles. The van der Waals surface area contributed by atoms with Crippen LogP contribution in [0.5, 0.6) is 0 Å². The molecule has 1 unspecified atom stereocenters. The summed E-state index contributed by atoms with van der Waals surface area (Å²) < 4.78 is 23.2. The summed E-state index contributed by atoms with van der Waals surface area (Å²) >= 11 is 5.14. The Bertz CT molecular complexity index is 517. The highest BCUT2D eigenvalue weighted by Gasteiger charge is 2.09. The van der Waals surface area contributed by atoms with E-state index in [1.54, 1.807) is 11.8 Å². The van der Waals surface area contributed by atoms with Gasteiger partial charge in [-0.25, -0.2) is 8.42 Å². The molecule has 1 atom stereocenters. The van der Waals surface area contributed by atoms with Crippen molar-refractivity contribution >= 4 is 37.5 Å². The second kappa shape index (κ2) is 7.67. The number of thioether (sulfide) groups is 1. The van der Waals surface area contributed by atoms with E-state index in [9.17, 15) is 8.42 Å². The second-order valence-electron chi connectivity index (χ2n) is 4.44. The average Bonchev–Trinajstić information content (AvgIpc) is 2.27. The van der Waals surface area contributed by atoms with Gasteiger partial charge in [-0.3, -0.25) is 0 Å². The molecular weight excluding hydrogens is 346 g/mol. The first-order chi connectivity index (χ1) is 8.83. The van der Waals surface area contributed by atoms with Crippen LogP contribution in [0, 0.1) is 0 Å². The van der Waals surface area contributed by atoms with Crippen LogP contribution in [-0.2, 0) is 9.84 Å². The van der Waals surface area contributed by atoms with E-state index in [2.05, 4.69) is 47.2 Å². The van der Waals surface area contributed by atoms with Crippen LogP contribution < -0.4 is 5.32 Å². The van der Waals surface area contributed by atoms with Gasteiger partial charge >= 0.3 is 0 Å². The van der Waals surface area contributed by atoms with Crippen molar-refractivity contribution in [3.63, 3.8) is 0 Å². The van der Waals surface area contributed by atoms with E-state index in [1.165, 1.54) is 11.8 Å². The number of hydrogen-bond acceptors (Lipinski definition) is 4. The number of nitrogens with one attached hydrogen (secondary N) is 1. The normalized spacial score (nSPS) is 13.5. The number of benzene rings is 1. The first-order valence-electron chi connectivity index (χ1n) is 6.17. The summed E-state index contributed by atoms with van der Waals surface area (Å²) in [6.07, 6.45) is 1.27. The third-order valence-corrected chi connectivity index (χ3v) is 5.56. The topological polar surface area (TPSA) is 46.2 Å². The van der Waals surface area contributed by atoms with Crippen molar-refractivity contribution in [2.24, 2.45) is 0 Å². The van der Waals surface area contributed by atoms with Gasteiger partial charge in [0.1, 0.15) is 9.84 Å². The van der Waals surface area contributed by atoms with Gasteiger partial charge in [-0.1, -0.05) is 28.9 Å². The summed E-state index contributed by atoms with van der Waals surface area (Å²) in [7, 11) is -2.88. The molecule has 0 radical (unpaired) electrons. The standard InChI is InChI=1S/C13H20BrNO2S2/c1-4-15-10(2)12-6-5-11(9-13(12)14)18-7-8-19(3,16)17/h5-6,9-10,15H,4,7-8H2,1-3H3. The molecule has 0 aromatic heterocycles. The number of hydrogen-bond donors (Lipinski definition) is 1. The van der Waals surface area contributed by atoms with Crippen LogP contribution in [-0.4, -0.2) is 32.7 Å². The van der Waals surface area contributed by atoms with Crippen LogP contribution in [0.25, 0.3) is 0 Å². The summed E-state index contributed by atoms with van der Waals surface area (Å²) in [5.74, 6) is 0.804. The van der Waals surface area contributed by atoms with E-state index in [0.717, 1.165) is 15.9 Å². The molecule has 0 aliphatic carbocycles. The predicted molar refractivity (Wildman–Crippen MR) is 86.7 cm³/mol. The summed E-state index contributed by atoms with van der Waals surface area (Å²) in [4.78, 5) is 1.09. The van der Waals surface area contributed by atoms with E-state index in [-0.39, 0.29) is 5.75 Å². The maximum Gasteiger partial charge on any atom is 0.148 e. The molecule has 1 aromatic rings. The lowest BCUT2D eigenvalue weighted by Crippen LogP contribution is -2.18. The van der Waals surface area contributed by atoms with Gasteiger partial charge in [-0.05, 0) is 31.2 Å². The van der Waals surface area contributed by atoms with E-state index in [0.29, 0.717) is 11.8 Å². The lowest BCUT2D eigenvalue weighted by Gasteiger charge is -2.15. The number of rotatable bonds is 7. The fourth-order valence-electron chi connectivity index (χ4n) is 1.68. The van der Waals surface area contributed by atoms with Gasteiger partial charge in [-0.2, -0.15) is 0 Å². The number of sulfone groups is 1. The lowest BCUT2D eigenvalue weighted by molar-refractivity contribution is 0.595. The molecule has 0 saturated carbocycles. The quantitative estimate of drug-likeness (QED) is 0.753. The Morgan fingerprint density at radius 3 is 2.63 bits per heavy atom. The van der Waals surface area contributed by atoms with Crippen molar-refractivity contribution in [3.05, 3.63) is 28.2 Å². The first-order valence-corrected chi connectivity index (χ1v) is 10.0. The molecule has 1 rings (SSSR count). The third-order valence-electron chi connectivity index (χ3n) is 2.67. The lowest BCUT2D eigenvalue weighted by atomic mass is 10.1. The van der Waals surface area contributed by atoms with Gasteiger partial charge in [0.2, 0.25) is 0 Å². The molecule has 0 aliphatic heterocycles. The molecule has 19 heavy (non-hydrogen) atoms. The minimum atomic E-state index is -2.88. The molecule has 0 heterocycles. The summed E-state index contributed by atoms with van der Waals surface area (Å²) in [6, 6.07) is 6.48. The molecule has 108 valence electrons. The van der Waals surface area contributed by atoms with Crippen LogP contribution in [0.2, 0.25) is 0 Å². The smallest absolute Gasteiger partial charge is 0.148 e. The monoisotopic (exact) mass is 365 g/mol. The van der Waals surface area contributed by atoms with Gasteiger partial charge in [0.25, 0.3) is 0 Å². The fraction of sp³-hybridized carbons (Fsp3) is 0.538. The minimum absolute atomic E-state index is 0.213. The second-order valence-corrected chi connectivity index (χ2v) is 8.72. The van der Waals surface area contributed by atoms with Gasteiger partial charge in [0.05, 0.1) is 5.75 Å². The van der Waals surface area contributed by atoms with Crippen LogP contribution in [0.3, 0.4) is 0 Å². The summed E-state index contributed by atoms with van der Waals surface area (Å²) in [6.45, 7) is 5.14. The Morgan fingerprint density at radius 2 is 2.11 bits per heavy atom. The Balaban J connectivity index is 2.66. The zero-order chi connectivity index (χ0) is 14.5. The highest BCUT2D eigenvalue weighted by molar-refractivity contribution is 9.10. The molecule has 3 nitrogen and oxygen atoms in total. The Labute approximate surface area is 128 Å². The van der Waals surface area contributed by atoms with Crippen LogP contribution in [0.15, 0.2) is 27.6 Å². The van der Waals surface area contributed by atoms with Gasteiger partial charge in [0.15, 0.2) is 0 Å². The SMILES string of the molecule is CCNC(C)c1ccc(SCCS(C)(=O)=O)cc1Br. The summed E-state index contributed by atoms with van der Waals surface area (Å²) in [5.41, 5.74) is 1.22. The van der Waals surface area contributed by atoms with Crippen molar-refractivity contribution in [1.82, 2.24) is 5.32 Å². The van der Waals surface area contributed by atoms with Crippen LogP contribution >= 0.6 is 27.7 Å². The van der Waals surface area contributed by atoms with E-state index in [4.69, 9.17) is 0 Å². The highest BCUT2D eigenvalue weighted by atomic mass is 79.9. The van der Waals surface area contributed by atoms with Crippen molar-refractivity contribution in [1.29, 1.82) is 0 Å². The maximum absolute atomic E-state index is 11.1. The fourth-order valence-corrected chi connectivity index (χ4v) is 4.70. The van der Waals surface area contributed by atoms with E-state index >= 15 is 0 Å². The summed E-state index contributed by atoms with van der Waals surface area (Å²) in [5, 5.41) is 3.37. The molecule has 0 bridgehead atoms. The highest BCUT2D eigenvalue weighted by Crippen LogP contribution is 2.28. The van der Waals surface area contributed by atoms with Gasteiger partial charge in [-0.15, -0.1) is 11.8 Å². The van der Waals surface area contributed by atoms with E-state index < -0.39 is 9.84 Å². The Morgan fingerprint density at radius 1 is 1.42 bits per heavy atom. The molecule has 0 aliphatic rings. The van der Waals surface area contributed by atoms with Gasteiger partial charge in [0, 0.05) is 27.4 Å². The first kappa shape index (κ1) is 17.0. The predicted octanol–water partition coefficient (Wildman–Crippen LogP) is 3.26. The Hall–Kier alpha value is -0.0400. The molecule has 0 fully saturated rings. The third kappa shape index (κ3) is 6.29. The number of halogens is 1. The van der Waals surface area contributed by atoms with Crippen LogP contribution in [0.1, 0.15) is 25.5 Å². The molecular formula is C13H20BrNO2S2. The van der Waals surface area contributed by atoms with E-state index in [1.807, 2.05) is 6.07 Å². The van der Waals surface area contributed by atoms with Crippen molar-refractivity contribution < 1.29 is 8.42 Å². The minimum Gasteiger partial charge on any atom is -0.310 e. The van der Waals surface area contributed by atoms with Gasteiger partial charge < -0.3 is 5.32 Å². The molecule has 1 aromatic carbocycles. The van der Waals surface area contributed by atoms with Crippen LogP contribution in [0.4, 0.5) is 0 Å². The van der Waals surface area contributed by atoms with Crippen molar-refractivity contribution in [2.75, 3.05) is 24.3 Å². The van der Waals surface area contributed by atoms with Crippen molar-refractivity contribution in [3.8, 4) is 0 Å². The zero-order valence-corrected chi connectivity index (χ0v) is 14.7. The molecule has 0 amide bonds. The average molecular weight is 366 g/mol. The van der Waals surface area contributed by atoms with Crippen molar-refractivity contribution in [2.45, 2.75) is 24.8 Å². The maximum atomic E-state index is 11.1. The Kier molecular flexibility index (Phi) is 6.86. The molecule has 6 heteroatoms. The largest absolute Gasteiger partial charge is 0.310 e. The zero-order valence-electron chi connectivity index (χ0n) is 11.4.